The first-order valence-electron chi connectivity index (χ1n) is 5.32. The SMILES string of the molecule is O=C(CCCO)NCC1CCCCO1. The zero-order valence-electron chi connectivity index (χ0n) is 8.50. The third-order valence-electron chi connectivity index (χ3n) is 2.36. The first kappa shape index (κ1) is 11.5. The van der Waals surface area contributed by atoms with Gasteiger partial charge in [-0.15, -0.1) is 0 Å². The Morgan fingerprint density at radius 3 is 3.00 bits per heavy atom. The Kier molecular flexibility index (Phi) is 5.56. The van der Waals surface area contributed by atoms with E-state index in [-0.39, 0.29) is 18.6 Å². The summed E-state index contributed by atoms with van der Waals surface area (Å²) < 4.78 is 5.47. The molecule has 82 valence electrons. The third kappa shape index (κ3) is 4.58. The Labute approximate surface area is 84.6 Å². The number of hydrogen-bond donors (Lipinski definition) is 2. The van der Waals surface area contributed by atoms with E-state index in [9.17, 15) is 4.79 Å². The van der Waals surface area contributed by atoms with Crippen LogP contribution in [0.15, 0.2) is 0 Å². The highest BCUT2D eigenvalue weighted by atomic mass is 16.5. The van der Waals surface area contributed by atoms with Crippen molar-refractivity contribution >= 4 is 5.91 Å². The molecule has 0 radical (unpaired) electrons. The van der Waals surface area contributed by atoms with Crippen LogP contribution < -0.4 is 5.32 Å². The lowest BCUT2D eigenvalue weighted by molar-refractivity contribution is -0.122. The van der Waals surface area contributed by atoms with Crippen LogP contribution in [0.5, 0.6) is 0 Å². The summed E-state index contributed by atoms with van der Waals surface area (Å²) in [5, 5.41) is 11.3. The van der Waals surface area contributed by atoms with Gasteiger partial charge < -0.3 is 15.2 Å². The minimum atomic E-state index is 0.00761. The molecule has 0 saturated carbocycles. The van der Waals surface area contributed by atoms with Crippen LogP contribution in [0.4, 0.5) is 0 Å². The van der Waals surface area contributed by atoms with Crippen LogP contribution in [0.1, 0.15) is 32.1 Å². The molecular formula is C10H19NO3. The molecule has 0 bridgehead atoms. The molecule has 1 amide bonds. The summed E-state index contributed by atoms with van der Waals surface area (Å²) in [6.07, 6.45) is 4.51. The molecule has 14 heavy (non-hydrogen) atoms. The topological polar surface area (TPSA) is 58.6 Å². The van der Waals surface area contributed by atoms with Gasteiger partial charge in [-0.3, -0.25) is 4.79 Å². The number of aliphatic hydroxyl groups excluding tert-OH is 1. The first-order valence-corrected chi connectivity index (χ1v) is 5.32. The maximum Gasteiger partial charge on any atom is 0.220 e. The molecule has 1 saturated heterocycles. The summed E-state index contributed by atoms with van der Waals surface area (Å²) in [7, 11) is 0. The molecule has 4 heteroatoms. The predicted octanol–water partition coefficient (Wildman–Crippen LogP) is 0.444. The fourth-order valence-corrected chi connectivity index (χ4v) is 1.52. The summed E-state index contributed by atoms with van der Waals surface area (Å²) in [6, 6.07) is 0. The number of hydrogen-bond acceptors (Lipinski definition) is 3. The van der Waals surface area contributed by atoms with E-state index in [0.717, 1.165) is 19.4 Å². The summed E-state index contributed by atoms with van der Waals surface area (Å²) in [4.78, 5) is 11.2. The van der Waals surface area contributed by atoms with Gasteiger partial charge in [-0.05, 0) is 25.7 Å². The predicted molar refractivity (Wildman–Crippen MR) is 52.9 cm³/mol. The van der Waals surface area contributed by atoms with Crippen molar-refractivity contribution < 1.29 is 14.6 Å². The van der Waals surface area contributed by atoms with Crippen molar-refractivity contribution in [2.45, 2.75) is 38.2 Å². The van der Waals surface area contributed by atoms with Crippen molar-refractivity contribution in [3.05, 3.63) is 0 Å². The van der Waals surface area contributed by atoms with E-state index in [1.54, 1.807) is 0 Å². The van der Waals surface area contributed by atoms with Crippen molar-refractivity contribution in [3.63, 3.8) is 0 Å². The third-order valence-corrected chi connectivity index (χ3v) is 2.36. The summed E-state index contributed by atoms with van der Waals surface area (Å²) in [6.45, 7) is 1.51. The molecule has 0 aromatic rings. The quantitative estimate of drug-likeness (QED) is 0.678. The summed E-state index contributed by atoms with van der Waals surface area (Å²) in [5.41, 5.74) is 0. The summed E-state index contributed by atoms with van der Waals surface area (Å²) in [5.74, 6) is 0.00761. The highest BCUT2D eigenvalue weighted by Crippen LogP contribution is 2.11. The Hall–Kier alpha value is -0.610. The van der Waals surface area contributed by atoms with E-state index in [4.69, 9.17) is 9.84 Å². The van der Waals surface area contributed by atoms with E-state index in [1.807, 2.05) is 0 Å². The van der Waals surface area contributed by atoms with Gasteiger partial charge in [0.2, 0.25) is 5.91 Å². The molecule has 0 aliphatic carbocycles. The van der Waals surface area contributed by atoms with Crippen molar-refractivity contribution in [1.82, 2.24) is 5.32 Å². The Morgan fingerprint density at radius 1 is 1.50 bits per heavy atom. The van der Waals surface area contributed by atoms with Crippen LogP contribution >= 0.6 is 0 Å². The fourth-order valence-electron chi connectivity index (χ4n) is 1.52. The van der Waals surface area contributed by atoms with Gasteiger partial charge in [0.15, 0.2) is 0 Å². The van der Waals surface area contributed by atoms with Gasteiger partial charge in [-0.25, -0.2) is 0 Å². The van der Waals surface area contributed by atoms with Gasteiger partial charge in [-0.2, -0.15) is 0 Å². The molecular weight excluding hydrogens is 182 g/mol. The largest absolute Gasteiger partial charge is 0.396 e. The molecule has 1 heterocycles. The maximum atomic E-state index is 11.2. The van der Waals surface area contributed by atoms with Crippen LogP contribution in [0, 0.1) is 0 Å². The Balaban J connectivity index is 2.03. The molecule has 1 aliphatic rings. The molecule has 2 N–H and O–H groups in total. The maximum absolute atomic E-state index is 11.2. The monoisotopic (exact) mass is 201 g/mol. The number of amides is 1. The number of nitrogens with one attached hydrogen (secondary N) is 1. The normalized spacial score (nSPS) is 21.9. The van der Waals surface area contributed by atoms with E-state index in [2.05, 4.69) is 5.32 Å². The lowest BCUT2D eigenvalue weighted by atomic mass is 10.1. The molecule has 1 rings (SSSR count). The molecule has 1 aliphatic heterocycles. The second-order valence-corrected chi connectivity index (χ2v) is 3.62. The van der Waals surface area contributed by atoms with E-state index >= 15 is 0 Å². The van der Waals surface area contributed by atoms with E-state index in [0.29, 0.717) is 19.4 Å². The second-order valence-electron chi connectivity index (χ2n) is 3.62. The number of carbonyl (C=O) groups is 1. The van der Waals surface area contributed by atoms with Gasteiger partial charge in [-0.1, -0.05) is 0 Å². The van der Waals surface area contributed by atoms with Crippen LogP contribution in [-0.4, -0.2) is 36.9 Å². The second kappa shape index (κ2) is 6.79. The minimum absolute atomic E-state index is 0.00761. The summed E-state index contributed by atoms with van der Waals surface area (Å²) >= 11 is 0. The van der Waals surface area contributed by atoms with Crippen LogP contribution in [0.25, 0.3) is 0 Å². The van der Waals surface area contributed by atoms with Crippen LogP contribution in [0.3, 0.4) is 0 Å². The van der Waals surface area contributed by atoms with E-state index < -0.39 is 0 Å². The number of rotatable bonds is 5. The number of aliphatic hydroxyl groups is 1. The average molecular weight is 201 g/mol. The van der Waals surface area contributed by atoms with E-state index in [1.165, 1.54) is 6.42 Å². The molecule has 1 unspecified atom stereocenters. The Bertz CT molecular complexity index is 167. The standard InChI is InChI=1S/C10H19NO3/c12-6-3-5-10(13)11-8-9-4-1-2-7-14-9/h9,12H,1-8H2,(H,11,13). The van der Waals surface area contributed by atoms with Crippen molar-refractivity contribution in [2.75, 3.05) is 19.8 Å². The molecule has 0 aromatic carbocycles. The number of carbonyl (C=O) groups excluding carboxylic acids is 1. The average Bonchev–Trinajstić information content (AvgIpc) is 2.25. The fraction of sp³-hybridized carbons (Fsp3) is 0.900. The van der Waals surface area contributed by atoms with Crippen LogP contribution in [-0.2, 0) is 9.53 Å². The van der Waals surface area contributed by atoms with Gasteiger partial charge in [0.1, 0.15) is 0 Å². The molecule has 1 fully saturated rings. The van der Waals surface area contributed by atoms with Crippen LogP contribution in [0.2, 0.25) is 0 Å². The smallest absolute Gasteiger partial charge is 0.220 e. The molecule has 0 spiro atoms. The zero-order chi connectivity index (χ0) is 10.2. The van der Waals surface area contributed by atoms with Crippen molar-refractivity contribution in [1.29, 1.82) is 0 Å². The minimum Gasteiger partial charge on any atom is -0.396 e. The molecule has 0 aromatic heterocycles. The zero-order valence-corrected chi connectivity index (χ0v) is 8.50. The lowest BCUT2D eigenvalue weighted by Crippen LogP contribution is -2.35. The van der Waals surface area contributed by atoms with Gasteiger partial charge in [0, 0.05) is 26.2 Å². The lowest BCUT2D eigenvalue weighted by Gasteiger charge is -2.22. The van der Waals surface area contributed by atoms with Gasteiger partial charge >= 0.3 is 0 Å². The molecule has 1 atom stereocenters. The Morgan fingerprint density at radius 2 is 2.36 bits per heavy atom. The van der Waals surface area contributed by atoms with Gasteiger partial charge in [0.05, 0.1) is 6.10 Å². The van der Waals surface area contributed by atoms with Crippen molar-refractivity contribution in [3.8, 4) is 0 Å². The van der Waals surface area contributed by atoms with Gasteiger partial charge in [0.25, 0.3) is 0 Å². The molecule has 4 nitrogen and oxygen atoms in total. The van der Waals surface area contributed by atoms with Crippen molar-refractivity contribution in [2.24, 2.45) is 0 Å². The first-order chi connectivity index (χ1) is 6.83. The highest BCUT2D eigenvalue weighted by molar-refractivity contribution is 5.75. The number of ether oxygens (including phenoxy) is 1. The highest BCUT2D eigenvalue weighted by Gasteiger charge is 2.14.